The molecule has 0 bridgehead atoms. The summed E-state index contributed by atoms with van der Waals surface area (Å²) in [4.78, 5) is 0.333. The minimum absolute atomic E-state index is 0. The fourth-order valence-corrected chi connectivity index (χ4v) is 3.66. The molecule has 134 valence electrons. The van der Waals surface area contributed by atoms with Crippen molar-refractivity contribution in [1.82, 2.24) is 14.8 Å². The number of nitrogens with zero attached hydrogens (tertiary/aromatic N) is 3. The van der Waals surface area contributed by atoms with Crippen LogP contribution >= 0.6 is 24.2 Å². The maximum Gasteiger partial charge on any atom is 0.191 e. The third kappa shape index (κ3) is 5.47. The van der Waals surface area contributed by atoms with Crippen molar-refractivity contribution in [2.45, 2.75) is 42.7 Å². The Morgan fingerprint density at radius 2 is 1.83 bits per heavy atom. The maximum absolute atomic E-state index is 11.5. The SMILES string of the molecule is CC(C)Cn1c(CN)nnc1SCc1ccc(S(C)(=O)=O)cc1.Cl. The highest BCUT2D eigenvalue weighted by Gasteiger charge is 2.13. The Hall–Kier alpha value is -1.09. The highest BCUT2D eigenvalue weighted by atomic mass is 35.5. The van der Waals surface area contributed by atoms with Crippen LogP contribution in [0.15, 0.2) is 34.3 Å². The molecule has 0 saturated heterocycles. The van der Waals surface area contributed by atoms with E-state index in [0.717, 1.165) is 23.1 Å². The lowest BCUT2D eigenvalue weighted by molar-refractivity contribution is 0.480. The summed E-state index contributed by atoms with van der Waals surface area (Å²) >= 11 is 1.58. The number of halogens is 1. The zero-order chi connectivity index (χ0) is 17.0. The number of thioether (sulfide) groups is 1. The van der Waals surface area contributed by atoms with Gasteiger partial charge in [0.1, 0.15) is 5.82 Å². The van der Waals surface area contributed by atoms with Crippen LogP contribution in [0, 0.1) is 5.92 Å². The average Bonchev–Trinajstić information content (AvgIpc) is 2.86. The second kappa shape index (κ2) is 8.84. The van der Waals surface area contributed by atoms with Gasteiger partial charge in [0.2, 0.25) is 0 Å². The topological polar surface area (TPSA) is 90.9 Å². The smallest absolute Gasteiger partial charge is 0.191 e. The van der Waals surface area contributed by atoms with E-state index < -0.39 is 9.84 Å². The van der Waals surface area contributed by atoms with Gasteiger partial charge in [-0.15, -0.1) is 22.6 Å². The van der Waals surface area contributed by atoms with Gasteiger partial charge >= 0.3 is 0 Å². The van der Waals surface area contributed by atoms with Gasteiger partial charge in [-0.1, -0.05) is 37.7 Å². The maximum atomic E-state index is 11.5. The van der Waals surface area contributed by atoms with Gasteiger partial charge in [-0.05, 0) is 23.6 Å². The largest absolute Gasteiger partial charge is 0.324 e. The van der Waals surface area contributed by atoms with E-state index in [4.69, 9.17) is 5.73 Å². The Morgan fingerprint density at radius 3 is 2.33 bits per heavy atom. The lowest BCUT2D eigenvalue weighted by Crippen LogP contribution is -2.12. The third-order valence-electron chi connectivity index (χ3n) is 3.24. The van der Waals surface area contributed by atoms with E-state index in [0.29, 0.717) is 23.1 Å². The molecule has 1 aromatic carbocycles. The number of nitrogens with two attached hydrogens (primary N) is 1. The molecule has 0 fully saturated rings. The minimum Gasteiger partial charge on any atom is -0.324 e. The second-order valence-electron chi connectivity index (χ2n) is 5.81. The van der Waals surface area contributed by atoms with Crippen LogP contribution in [0.5, 0.6) is 0 Å². The van der Waals surface area contributed by atoms with E-state index in [1.807, 2.05) is 12.1 Å². The number of benzene rings is 1. The molecule has 0 saturated carbocycles. The van der Waals surface area contributed by atoms with Crippen molar-refractivity contribution >= 4 is 34.0 Å². The standard InChI is InChI=1S/C15H22N4O2S2.ClH/c1-11(2)9-19-14(8-16)17-18-15(19)22-10-12-4-6-13(7-5-12)23(3,20)21;/h4-7,11H,8-10,16H2,1-3H3;1H. The van der Waals surface area contributed by atoms with Gasteiger partial charge in [-0.3, -0.25) is 0 Å². The molecule has 2 rings (SSSR count). The van der Waals surface area contributed by atoms with E-state index in [1.165, 1.54) is 6.26 Å². The second-order valence-corrected chi connectivity index (χ2v) is 8.77. The summed E-state index contributed by atoms with van der Waals surface area (Å²) in [6.45, 7) is 5.47. The summed E-state index contributed by atoms with van der Waals surface area (Å²) in [5, 5.41) is 9.19. The summed E-state index contributed by atoms with van der Waals surface area (Å²) in [7, 11) is -3.15. The van der Waals surface area contributed by atoms with Gasteiger partial charge in [-0.2, -0.15) is 0 Å². The average molecular weight is 391 g/mol. The molecule has 9 heteroatoms. The molecule has 0 radical (unpaired) electrons. The van der Waals surface area contributed by atoms with E-state index in [1.54, 1.807) is 23.9 Å². The summed E-state index contributed by atoms with van der Waals surface area (Å²) in [6.07, 6.45) is 1.21. The van der Waals surface area contributed by atoms with Crippen LogP contribution in [0.1, 0.15) is 25.2 Å². The van der Waals surface area contributed by atoms with Crippen molar-refractivity contribution in [2.24, 2.45) is 11.7 Å². The molecule has 0 aliphatic carbocycles. The number of rotatable bonds is 7. The van der Waals surface area contributed by atoms with Crippen molar-refractivity contribution in [3.63, 3.8) is 0 Å². The van der Waals surface area contributed by atoms with Crippen molar-refractivity contribution in [3.05, 3.63) is 35.7 Å². The van der Waals surface area contributed by atoms with Crippen molar-refractivity contribution < 1.29 is 8.42 Å². The minimum atomic E-state index is -3.15. The molecular weight excluding hydrogens is 368 g/mol. The molecule has 0 atom stereocenters. The van der Waals surface area contributed by atoms with Gasteiger partial charge < -0.3 is 10.3 Å². The summed E-state index contributed by atoms with van der Waals surface area (Å²) in [6, 6.07) is 6.93. The van der Waals surface area contributed by atoms with Crippen LogP contribution in [0.3, 0.4) is 0 Å². The van der Waals surface area contributed by atoms with Crippen LogP contribution in [-0.2, 0) is 28.7 Å². The summed E-state index contributed by atoms with van der Waals surface area (Å²) in [5.74, 6) is 1.96. The first-order valence-corrected chi connectivity index (χ1v) is 10.2. The summed E-state index contributed by atoms with van der Waals surface area (Å²) < 4.78 is 25.0. The van der Waals surface area contributed by atoms with Gasteiger partial charge in [0.25, 0.3) is 0 Å². The number of sulfone groups is 1. The molecule has 24 heavy (non-hydrogen) atoms. The predicted molar refractivity (Wildman–Crippen MR) is 99.1 cm³/mol. The predicted octanol–water partition coefficient (Wildman–Crippen LogP) is 2.51. The van der Waals surface area contributed by atoms with E-state index >= 15 is 0 Å². The highest BCUT2D eigenvalue weighted by Crippen LogP contribution is 2.23. The van der Waals surface area contributed by atoms with Crippen LogP contribution in [0.4, 0.5) is 0 Å². The van der Waals surface area contributed by atoms with Crippen molar-refractivity contribution in [1.29, 1.82) is 0 Å². The van der Waals surface area contributed by atoms with Gasteiger partial charge in [0.15, 0.2) is 15.0 Å². The van der Waals surface area contributed by atoms with E-state index in [-0.39, 0.29) is 12.4 Å². The Bertz CT molecular complexity index is 758. The van der Waals surface area contributed by atoms with Crippen molar-refractivity contribution in [3.8, 4) is 0 Å². The molecule has 0 unspecified atom stereocenters. The molecular formula is C15H23ClN4O2S2. The fraction of sp³-hybridized carbons (Fsp3) is 0.467. The molecule has 1 heterocycles. The molecule has 1 aromatic heterocycles. The number of aromatic nitrogens is 3. The summed E-state index contributed by atoms with van der Waals surface area (Å²) in [5.41, 5.74) is 6.75. The Labute approximate surface area is 153 Å². The van der Waals surface area contributed by atoms with Gasteiger partial charge in [-0.25, -0.2) is 8.42 Å². The Balaban J connectivity index is 0.00000288. The molecule has 0 amide bonds. The lowest BCUT2D eigenvalue weighted by Gasteiger charge is -2.11. The van der Waals surface area contributed by atoms with Crippen molar-refractivity contribution in [2.75, 3.05) is 6.26 Å². The molecule has 2 aromatic rings. The Kier molecular flexibility index (Phi) is 7.72. The number of hydrogen-bond acceptors (Lipinski definition) is 6. The molecule has 0 spiro atoms. The first kappa shape index (κ1) is 21.0. The van der Waals surface area contributed by atoms with Crippen LogP contribution in [-0.4, -0.2) is 29.4 Å². The normalized spacial score (nSPS) is 11.5. The lowest BCUT2D eigenvalue weighted by atomic mass is 10.2. The molecule has 6 nitrogen and oxygen atoms in total. The van der Waals surface area contributed by atoms with Crippen LogP contribution < -0.4 is 5.73 Å². The van der Waals surface area contributed by atoms with E-state index in [2.05, 4.69) is 28.6 Å². The first-order valence-electron chi connectivity index (χ1n) is 7.35. The van der Waals surface area contributed by atoms with Gasteiger partial charge in [0, 0.05) is 18.6 Å². The highest BCUT2D eigenvalue weighted by molar-refractivity contribution is 7.98. The number of hydrogen-bond donors (Lipinski definition) is 1. The van der Waals surface area contributed by atoms with Crippen LogP contribution in [0.2, 0.25) is 0 Å². The van der Waals surface area contributed by atoms with Crippen LogP contribution in [0.25, 0.3) is 0 Å². The third-order valence-corrected chi connectivity index (χ3v) is 5.41. The quantitative estimate of drug-likeness (QED) is 0.730. The Morgan fingerprint density at radius 1 is 1.21 bits per heavy atom. The monoisotopic (exact) mass is 390 g/mol. The molecule has 0 aliphatic heterocycles. The first-order chi connectivity index (χ1) is 10.8. The zero-order valence-corrected chi connectivity index (χ0v) is 16.4. The fourth-order valence-electron chi connectivity index (χ4n) is 2.11. The van der Waals surface area contributed by atoms with Gasteiger partial charge in [0.05, 0.1) is 11.4 Å². The molecule has 2 N–H and O–H groups in total. The molecule has 0 aliphatic rings. The van der Waals surface area contributed by atoms with E-state index in [9.17, 15) is 8.42 Å². The zero-order valence-electron chi connectivity index (χ0n) is 14.0.